The number of aliphatic imine (C=N–C) groups is 1. The van der Waals surface area contributed by atoms with Crippen LogP contribution >= 0.6 is 24.0 Å². The molecule has 0 atom stereocenters. The van der Waals surface area contributed by atoms with Gasteiger partial charge in [0.15, 0.2) is 5.96 Å². The lowest BCUT2D eigenvalue weighted by molar-refractivity contribution is 0.473. The van der Waals surface area contributed by atoms with E-state index < -0.39 is 0 Å². The van der Waals surface area contributed by atoms with Gasteiger partial charge < -0.3 is 14.8 Å². The highest BCUT2D eigenvalue weighted by Gasteiger charge is 2.07. The fraction of sp³-hybridized carbons (Fsp3) is 0.300. The average Bonchev–Trinajstić information content (AvgIpc) is 3.07. The third-order valence-electron chi connectivity index (χ3n) is 4.29. The molecule has 5 nitrogen and oxygen atoms in total. The first kappa shape index (κ1) is 21.1. The average molecular weight is 481 g/mol. The molecule has 0 amide bonds. The van der Waals surface area contributed by atoms with E-state index in [0.29, 0.717) is 6.54 Å². The lowest BCUT2D eigenvalue weighted by atomic mass is 10.2. The number of halogens is 2. The Morgan fingerprint density at radius 3 is 2.67 bits per heavy atom. The molecule has 0 saturated carbocycles. The maximum absolute atomic E-state index is 13.0. The minimum absolute atomic E-state index is 0. The molecule has 0 bridgehead atoms. The zero-order chi connectivity index (χ0) is 18.4. The van der Waals surface area contributed by atoms with Crippen LogP contribution in [0.4, 0.5) is 4.39 Å². The summed E-state index contributed by atoms with van der Waals surface area (Å²) in [6.07, 6.45) is 2.85. The van der Waals surface area contributed by atoms with Gasteiger partial charge in [-0.2, -0.15) is 0 Å². The standard InChI is InChI=1S/C20H24FN5.HI/c1-22-20(25(2)14-16-8-10-17(21)11-9-16)23-12-5-13-26-15-24-18-6-3-4-7-19(18)26;/h3-4,6-11,15H,5,12-14H2,1-2H3,(H,22,23);1H. The van der Waals surface area contributed by atoms with E-state index in [2.05, 4.69) is 25.9 Å². The SMILES string of the molecule is CN=C(NCCCn1cnc2ccccc21)N(C)Cc1ccc(F)cc1.I. The molecule has 0 unspecified atom stereocenters. The minimum Gasteiger partial charge on any atom is -0.356 e. The summed E-state index contributed by atoms with van der Waals surface area (Å²) in [5.41, 5.74) is 3.22. The van der Waals surface area contributed by atoms with Gasteiger partial charge in [-0.05, 0) is 36.2 Å². The fourth-order valence-corrected chi connectivity index (χ4v) is 2.96. The molecule has 0 radical (unpaired) electrons. The molecule has 0 spiro atoms. The summed E-state index contributed by atoms with van der Waals surface area (Å²) in [5, 5.41) is 3.38. The van der Waals surface area contributed by atoms with E-state index in [1.165, 1.54) is 12.1 Å². The molecule has 2 aromatic carbocycles. The van der Waals surface area contributed by atoms with Crippen LogP contribution < -0.4 is 5.32 Å². The number of hydrogen-bond donors (Lipinski definition) is 1. The van der Waals surface area contributed by atoms with Crippen LogP contribution in [0.1, 0.15) is 12.0 Å². The molecule has 0 saturated heterocycles. The fourth-order valence-electron chi connectivity index (χ4n) is 2.96. The highest BCUT2D eigenvalue weighted by Crippen LogP contribution is 2.12. The lowest BCUT2D eigenvalue weighted by Gasteiger charge is -2.22. The van der Waals surface area contributed by atoms with Gasteiger partial charge in [0.05, 0.1) is 17.4 Å². The van der Waals surface area contributed by atoms with Crippen molar-refractivity contribution >= 4 is 41.0 Å². The summed E-state index contributed by atoms with van der Waals surface area (Å²) < 4.78 is 15.2. The number of para-hydroxylation sites is 2. The first-order valence-electron chi connectivity index (χ1n) is 8.73. The van der Waals surface area contributed by atoms with Crippen LogP contribution in [0, 0.1) is 5.82 Å². The monoisotopic (exact) mass is 481 g/mol. The number of benzene rings is 2. The molecule has 7 heteroatoms. The van der Waals surface area contributed by atoms with E-state index in [9.17, 15) is 4.39 Å². The van der Waals surface area contributed by atoms with Gasteiger partial charge in [0.1, 0.15) is 5.82 Å². The number of nitrogens with one attached hydrogen (secondary N) is 1. The summed E-state index contributed by atoms with van der Waals surface area (Å²) in [4.78, 5) is 10.8. The number of fused-ring (bicyclic) bond motifs is 1. The van der Waals surface area contributed by atoms with Crippen molar-refractivity contribution in [2.45, 2.75) is 19.5 Å². The predicted molar refractivity (Wildman–Crippen MR) is 119 cm³/mol. The molecule has 3 aromatic rings. The molecule has 0 fully saturated rings. The van der Waals surface area contributed by atoms with Crippen LogP contribution in [0.5, 0.6) is 0 Å². The second-order valence-corrected chi connectivity index (χ2v) is 6.24. The smallest absolute Gasteiger partial charge is 0.193 e. The zero-order valence-corrected chi connectivity index (χ0v) is 17.9. The van der Waals surface area contributed by atoms with Crippen LogP contribution in [0.3, 0.4) is 0 Å². The molecule has 1 aromatic heterocycles. The molecular weight excluding hydrogens is 456 g/mol. The Balaban J connectivity index is 0.00000261. The number of rotatable bonds is 6. The summed E-state index contributed by atoms with van der Waals surface area (Å²) in [6.45, 7) is 2.38. The summed E-state index contributed by atoms with van der Waals surface area (Å²) >= 11 is 0. The molecule has 1 N–H and O–H groups in total. The van der Waals surface area contributed by atoms with E-state index in [1.807, 2.05) is 36.5 Å². The number of aromatic nitrogens is 2. The van der Waals surface area contributed by atoms with Crippen molar-refractivity contribution in [3.63, 3.8) is 0 Å². The minimum atomic E-state index is -0.217. The molecule has 1 heterocycles. The quantitative estimate of drug-likeness (QED) is 0.252. The topological polar surface area (TPSA) is 45.5 Å². The third kappa shape index (κ3) is 5.66. The predicted octanol–water partition coefficient (Wildman–Crippen LogP) is 3.89. The van der Waals surface area contributed by atoms with Crippen molar-refractivity contribution in [2.75, 3.05) is 20.6 Å². The highest BCUT2D eigenvalue weighted by molar-refractivity contribution is 14.0. The second-order valence-electron chi connectivity index (χ2n) is 6.24. The van der Waals surface area contributed by atoms with Crippen LogP contribution in [-0.4, -0.2) is 41.1 Å². The van der Waals surface area contributed by atoms with Gasteiger partial charge in [0.25, 0.3) is 0 Å². The van der Waals surface area contributed by atoms with E-state index in [0.717, 1.165) is 42.1 Å². The molecule has 144 valence electrons. The molecule has 0 aliphatic heterocycles. The molecule has 27 heavy (non-hydrogen) atoms. The Labute approximate surface area is 176 Å². The van der Waals surface area contributed by atoms with Gasteiger partial charge >= 0.3 is 0 Å². The van der Waals surface area contributed by atoms with Crippen LogP contribution in [0.15, 0.2) is 59.9 Å². The Hall–Kier alpha value is -2.16. The zero-order valence-electron chi connectivity index (χ0n) is 15.6. The highest BCUT2D eigenvalue weighted by atomic mass is 127. The molecule has 3 rings (SSSR count). The lowest BCUT2D eigenvalue weighted by Crippen LogP contribution is -2.39. The van der Waals surface area contributed by atoms with Gasteiger partial charge in [-0.1, -0.05) is 24.3 Å². The summed E-state index contributed by atoms with van der Waals surface area (Å²) in [7, 11) is 3.74. The van der Waals surface area contributed by atoms with Crippen molar-refractivity contribution in [3.05, 3.63) is 66.2 Å². The Morgan fingerprint density at radius 2 is 1.93 bits per heavy atom. The van der Waals surface area contributed by atoms with Gasteiger partial charge in [-0.15, -0.1) is 24.0 Å². The van der Waals surface area contributed by atoms with Crippen molar-refractivity contribution in [3.8, 4) is 0 Å². The van der Waals surface area contributed by atoms with Crippen LogP contribution in [-0.2, 0) is 13.1 Å². The summed E-state index contributed by atoms with van der Waals surface area (Å²) in [5.74, 6) is 0.607. The number of imidazole rings is 1. The van der Waals surface area contributed by atoms with Gasteiger partial charge in [0, 0.05) is 33.7 Å². The number of hydrogen-bond acceptors (Lipinski definition) is 2. The van der Waals surface area contributed by atoms with Crippen LogP contribution in [0.2, 0.25) is 0 Å². The number of aryl methyl sites for hydroxylation is 1. The largest absolute Gasteiger partial charge is 0.356 e. The first-order chi connectivity index (χ1) is 12.7. The Morgan fingerprint density at radius 1 is 1.19 bits per heavy atom. The maximum atomic E-state index is 13.0. The van der Waals surface area contributed by atoms with Crippen LogP contribution in [0.25, 0.3) is 11.0 Å². The van der Waals surface area contributed by atoms with E-state index in [4.69, 9.17) is 0 Å². The van der Waals surface area contributed by atoms with Gasteiger partial charge in [-0.25, -0.2) is 9.37 Å². The van der Waals surface area contributed by atoms with Crippen molar-refractivity contribution < 1.29 is 4.39 Å². The number of nitrogens with zero attached hydrogens (tertiary/aromatic N) is 4. The maximum Gasteiger partial charge on any atom is 0.193 e. The first-order valence-corrected chi connectivity index (χ1v) is 8.73. The molecule has 0 aliphatic rings. The van der Waals surface area contributed by atoms with Crippen molar-refractivity contribution in [2.24, 2.45) is 4.99 Å². The normalized spacial score (nSPS) is 11.3. The Bertz CT molecular complexity index is 875. The molecular formula is C20H25FIN5. The van der Waals surface area contributed by atoms with Gasteiger partial charge in [-0.3, -0.25) is 4.99 Å². The second kappa shape index (κ2) is 10.2. The Kier molecular flexibility index (Phi) is 8.02. The summed E-state index contributed by atoms with van der Waals surface area (Å²) in [6, 6.07) is 14.7. The van der Waals surface area contributed by atoms with E-state index in [1.54, 1.807) is 19.2 Å². The van der Waals surface area contributed by atoms with Crippen molar-refractivity contribution in [1.29, 1.82) is 0 Å². The number of guanidine groups is 1. The van der Waals surface area contributed by atoms with Gasteiger partial charge in [0.2, 0.25) is 0 Å². The van der Waals surface area contributed by atoms with E-state index >= 15 is 0 Å². The third-order valence-corrected chi connectivity index (χ3v) is 4.29. The molecule has 0 aliphatic carbocycles. The van der Waals surface area contributed by atoms with Crippen molar-refractivity contribution in [1.82, 2.24) is 19.8 Å². The van der Waals surface area contributed by atoms with E-state index in [-0.39, 0.29) is 29.8 Å².